The van der Waals surface area contributed by atoms with E-state index in [4.69, 9.17) is 4.52 Å². The number of nitrogens with zero attached hydrogens (tertiary/aromatic N) is 1. The van der Waals surface area contributed by atoms with Crippen LogP contribution < -0.4 is 5.32 Å². The molecule has 1 aromatic heterocycles. The molecule has 1 amide bonds. The van der Waals surface area contributed by atoms with Gasteiger partial charge in [0.05, 0.1) is 7.11 Å². The van der Waals surface area contributed by atoms with Gasteiger partial charge in [0.15, 0.2) is 17.2 Å². The topological polar surface area (TPSA) is 98.5 Å². The Kier molecular flexibility index (Phi) is 6.92. The number of amides is 1. The summed E-state index contributed by atoms with van der Waals surface area (Å²) in [6.07, 6.45) is 3.01. The van der Waals surface area contributed by atoms with Gasteiger partial charge in [0.25, 0.3) is 5.91 Å². The van der Waals surface area contributed by atoms with Crippen molar-refractivity contribution in [2.75, 3.05) is 12.4 Å². The van der Waals surface area contributed by atoms with E-state index in [0.717, 1.165) is 5.56 Å². The molecule has 0 saturated heterocycles. The number of aromatic nitrogens is 1. The lowest BCUT2D eigenvalue weighted by molar-refractivity contribution is 0.0589. The fourth-order valence-corrected chi connectivity index (χ4v) is 3.19. The molecule has 0 radical (unpaired) electrons. The summed E-state index contributed by atoms with van der Waals surface area (Å²) in [5.41, 5.74) is 2.73. The maximum absolute atomic E-state index is 13.0. The molecule has 3 aromatic carbocycles. The van der Waals surface area contributed by atoms with Crippen LogP contribution in [0.15, 0.2) is 89.5 Å². The Balaban J connectivity index is 1.41. The molecule has 35 heavy (non-hydrogen) atoms. The molecule has 1 heterocycles. The molecule has 0 bridgehead atoms. The van der Waals surface area contributed by atoms with Gasteiger partial charge >= 0.3 is 5.97 Å². The Morgan fingerprint density at radius 1 is 0.943 bits per heavy atom. The van der Waals surface area contributed by atoms with Crippen LogP contribution >= 0.6 is 0 Å². The van der Waals surface area contributed by atoms with Crippen LogP contribution in [0.1, 0.15) is 36.8 Å². The van der Waals surface area contributed by atoms with Gasteiger partial charge in [-0.1, -0.05) is 35.5 Å². The number of esters is 1. The van der Waals surface area contributed by atoms with Gasteiger partial charge in [0.2, 0.25) is 0 Å². The van der Waals surface area contributed by atoms with Gasteiger partial charge in [-0.05, 0) is 60.2 Å². The minimum atomic E-state index is -0.609. The van der Waals surface area contributed by atoms with Crippen LogP contribution in [0.5, 0.6) is 0 Å². The summed E-state index contributed by atoms with van der Waals surface area (Å²) in [6.45, 7) is 0. The van der Waals surface area contributed by atoms with Crippen molar-refractivity contribution in [1.82, 2.24) is 5.16 Å². The average molecular weight is 470 g/mol. The predicted molar refractivity (Wildman–Crippen MR) is 127 cm³/mol. The maximum atomic E-state index is 13.0. The Labute approximate surface area is 199 Å². The van der Waals surface area contributed by atoms with E-state index >= 15 is 0 Å². The van der Waals surface area contributed by atoms with Crippen molar-refractivity contribution in [2.24, 2.45) is 0 Å². The molecule has 8 heteroatoms. The zero-order chi connectivity index (χ0) is 24.8. The normalized spacial score (nSPS) is 10.8. The lowest BCUT2D eigenvalue weighted by Gasteiger charge is -2.07. The Bertz CT molecular complexity index is 1410. The quantitative estimate of drug-likeness (QED) is 0.220. The molecule has 4 rings (SSSR count). The first-order valence-electron chi connectivity index (χ1n) is 10.5. The van der Waals surface area contributed by atoms with Crippen molar-refractivity contribution in [3.63, 3.8) is 0 Å². The lowest BCUT2D eigenvalue weighted by atomic mass is 10.1. The first-order chi connectivity index (χ1) is 16.9. The third-order valence-corrected chi connectivity index (χ3v) is 5.04. The number of carbonyl (C=O) groups is 3. The number of hydrogen-bond acceptors (Lipinski definition) is 6. The van der Waals surface area contributed by atoms with Crippen LogP contribution in [0.2, 0.25) is 0 Å². The molecule has 0 aliphatic carbocycles. The molecule has 7 nitrogen and oxygen atoms in total. The monoisotopic (exact) mass is 470 g/mol. The largest absolute Gasteiger partial charge is 0.464 e. The number of anilines is 1. The number of benzene rings is 3. The first kappa shape index (κ1) is 23.3. The van der Waals surface area contributed by atoms with Crippen LogP contribution in [0, 0.1) is 5.82 Å². The van der Waals surface area contributed by atoms with E-state index in [-0.39, 0.29) is 17.4 Å². The van der Waals surface area contributed by atoms with Crippen molar-refractivity contribution in [3.05, 3.63) is 113 Å². The number of allylic oxidation sites excluding steroid dienone is 1. The van der Waals surface area contributed by atoms with Gasteiger partial charge in [-0.3, -0.25) is 9.59 Å². The molecule has 0 aliphatic rings. The molecular weight excluding hydrogens is 451 g/mol. The second-order valence-corrected chi connectivity index (χ2v) is 7.43. The minimum Gasteiger partial charge on any atom is -0.464 e. The highest BCUT2D eigenvalue weighted by Crippen LogP contribution is 2.24. The number of rotatable bonds is 7. The highest BCUT2D eigenvalue weighted by Gasteiger charge is 2.14. The number of hydrogen-bond donors (Lipinski definition) is 1. The highest BCUT2D eigenvalue weighted by atomic mass is 19.1. The smallest absolute Gasteiger partial charge is 0.360 e. The van der Waals surface area contributed by atoms with Gasteiger partial charge < -0.3 is 14.6 Å². The molecule has 0 aliphatic heterocycles. The van der Waals surface area contributed by atoms with Gasteiger partial charge in [0, 0.05) is 28.4 Å². The second kappa shape index (κ2) is 10.4. The molecule has 4 aromatic rings. The Morgan fingerprint density at radius 3 is 2.37 bits per heavy atom. The Hall–Kier alpha value is -4.85. The summed E-state index contributed by atoms with van der Waals surface area (Å²) in [5, 5.41) is 6.49. The van der Waals surface area contributed by atoms with Crippen molar-refractivity contribution >= 4 is 29.4 Å². The zero-order valence-corrected chi connectivity index (χ0v) is 18.5. The van der Waals surface area contributed by atoms with E-state index in [1.807, 2.05) is 0 Å². The lowest BCUT2D eigenvalue weighted by Crippen LogP contribution is -2.11. The highest BCUT2D eigenvalue weighted by molar-refractivity contribution is 6.07. The molecule has 0 saturated carbocycles. The summed E-state index contributed by atoms with van der Waals surface area (Å²) in [7, 11) is 1.25. The van der Waals surface area contributed by atoms with Crippen molar-refractivity contribution in [2.45, 2.75) is 0 Å². The van der Waals surface area contributed by atoms with Crippen molar-refractivity contribution in [3.8, 4) is 11.3 Å². The van der Waals surface area contributed by atoms with Gasteiger partial charge in [-0.15, -0.1) is 0 Å². The molecule has 0 spiro atoms. The van der Waals surface area contributed by atoms with Crippen molar-refractivity contribution in [1.29, 1.82) is 0 Å². The number of ether oxygens (including phenoxy) is 1. The predicted octanol–water partition coefficient (Wildman–Crippen LogP) is 5.42. The maximum Gasteiger partial charge on any atom is 0.360 e. The van der Waals surface area contributed by atoms with Crippen LogP contribution in [0.4, 0.5) is 10.1 Å². The van der Waals surface area contributed by atoms with E-state index in [1.165, 1.54) is 43.5 Å². The fraction of sp³-hybridized carbons (Fsp3) is 0.0370. The van der Waals surface area contributed by atoms with Crippen LogP contribution in [-0.2, 0) is 4.74 Å². The SMILES string of the molecule is COC(=O)c1cc(-c2cccc(NC(=O)c3ccc(/C=C/C(=O)c4ccc(F)cc4)cc3)c2)on1. The van der Waals surface area contributed by atoms with Crippen LogP contribution in [-0.4, -0.2) is 29.9 Å². The fourth-order valence-electron chi connectivity index (χ4n) is 3.19. The van der Waals surface area contributed by atoms with Gasteiger partial charge in [-0.25, -0.2) is 9.18 Å². The third kappa shape index (κ3) is 5.75. The molecule has 0 atom stereocenters. The van der Waals surface area contributed by atoms with E-state index in [1.54, 1.807) is 54.6 Å². The molecular formula is C27H19FN2O5. The second-order valence-electron chi connectivity index (χ2n) is 7.43. The number of ketones is 1. The minimum absolute atomic E-state index is 0.0467. The number of halogens is 1. The summed E-state index contributed by atoms with van der Waals surface area (Å²) < 4.78 is 22.8. The molecule has 0 fully saturated rings. The van der Waals surface area contributed by atoms with E-state index in [2.05, 4.69) is 15.2 Å². The van der Waals surface area contributed by atoms with Crippen LogP contribution in [0.3, 0.4) is 0 Å². The van der Waals surface area contributed by atoms with E-state index < -0.39 is 11.8 Å². The van der Waals surface area contributed by atoms with Crippen LogP contribution in [0.25, 0.3) is 17.4 Å². The molecule has 1 N–H and O–H groups in total. The van der Waals surface area contributed by atoms with Crippen molar-refractivity contribution < 1.29 is 28.0 Å². The standard InChI is InChI=1S/C27H19FN2O5/c1-34-27(33)23-16-25(35-30-23)20-3-2-4-22(15-20)29-26(32)19-8-5-17(6-9-19)7-14-24(31)18-10-12-21(28)13-11-18/h2-16H,1H3,(H,29,32)/b14-7+. The zero-order valence-electron chi connectivity index (χ0n) is 18.5. The van der Waals surface area contributed by atoms with Gasteiger partial charge in [0.1, 0.15) is 5.82 Å². The third-order valence-electron chi connectivity index (χ3n) is 5.04. The average Bonchev–Trinajstić information content (AvgIpc) is 3.38. The number of methoxy groups -OCH3 is 1. The van der Waals surface area contributed by atoms with Gasteiger partial charge in [-0.2, -0.15) is 0 Å². The molecule has 174 valence electrons. The Morgan fingerprint density at radius 2 is 1.66 bits per heavy atom. The summed E-state index contributed by atoms with van der Waals surface area (Å²) in [5.74, 6) is -1.24. The summed E-state index contributed by atoms with van der Waals surface area (Å²) in [6, 6.07) is 20.4. The van der Waals surface area contributed by atoms with E-state index in [0.29, 0.717) is 28.1 Å². The summed E-state index contributed by atoms with van der Waals surface area (Å²) in [4.78, 5) is 36.4. The summed E-state index contributed by atoms with van der Waals surface area (Å²) >= 11 is 0. The first-order valence-corrected chi connectivity index (χ1v) is 10.5. The number of carbonyl (C=O) groups excluding carboxylic acids is 3. The van der Waals surface area contributed by atoms with E-state index in [9.17, 15) is 18.8 Å². The molecule has 0 unspecified atom stereocenters. The number of nitrogens with one attached hydrogen (secondary N) is 1.